The van der Waals surface area contributed by atoms with Crippen LogP contribution in [0.3, 0.4) is 0 Å². The van der Waals surface area contributed by atoms with E-state index in [0.29, 0.717) is 6.04 Å². The first-order valence-electron chi connectivity index (χ1n) is 8.43. The fourth-order valence-corrected chi connectivity index (χ4v) is 3.13. The average molecular weight is 308 g/mol. The quantitative estimate of drug-likeness (QED) is 0.861. The molecule has 1 N–H and O–H groups in total. The van der Waals surface area contributed by atoms with Crippen molar-refractivity contribution in [2.75, 3.05) is 0 Å². The largest absolute Gasteiger partial charge is 0.348 e. The van der Waals surface area contributed by atoms with Gasteiger partial charge in [-0.05, 0) is 48.9 Å². The molecule has 2 aromatic rings. The summed E-state index contributed by atoms with van der Waals surface area (Å²) >= 11 is 0. The maximum atomic E-state index is 11.8. The molecule has 3 rings (SSSR count). The topological polar surface area (TPSA) is 36.1 Å². The zero-order valence-corrected chi connectivity index (χ0v) is 13.9. The maximum absolute atomic E-state index is 11.8. The molecule has 0 radical (unpaired) electrons. The number of hydrogen-bond acceptors (Lipinski definition) is 2. The van der Waals surface area contributed by atoms with Crippen LogP contribution in [0.5, 0.6) is 0 Å². The van der Waals surface area contributed by atoms with Crippen molar-refractivity contribution >= 4 is 10.9 Å². The molecule has 23 heavy (non-hydrogen) atoms. The number of nitrogens with one attached hydrogen (secondary N) is 1. The number of pyridine rings is 1. The van der Waals surface area contributed by atoms with Crippen LogP contribution < -0.4 is 5.56 Å². The first-order chi connectivity index (χ1) is 11.2. The number of nitrogens with zero attached hydrogens (tertiary/aromatic N) is 1. The highest BCUT2D eigenvalue weighted by Crippen LogP contribution is 2.30. The predicted octanol–water partition coefficient (Wildman–Crippen LogP) is 4.80. The lowest BCUT2D eigenvalue weighted by molar-refractivity contribution is 0.341. The minimum atomic E-state index is -0.00493. The summed E-state index contributed by atoms with van der Waals surface area (Å²) in [6.07, 6.45) is 13.3. The number of H-pyrrole nitrogens is 1. The zero-order chi connectivity index (χ0) is 16.2. The molecule has 1 aliphatic rings. The average Bonchev–Trinajstić information content (AvgIpc) is 2.57. The van der Waals surface area contributed by atoms with Gasteiger partial charge in [0.1, 0.15) is 0 Å². The van der Waals surface area contributed by atoms with Crippen molar-refractivity contribution in [1.82, 2.24) is 9.88 Å². The van der Waals surface area contributed by atoms with Crippen molar-refractivity contribution in [2.45, 2.75) is 45.6 Å². The first-order valence-corrected chi connectivity index (χ1v) is 8.43. The van der Waals surface area contributed by atoms with Crippen molar-refractivity contribution in [3.05, 3.63) is 70.3 Å². The normalized spacial score (nSPS) is 15.3. The Balaban J connectivity index is 2.00. The van der Waals surface area contributed by atoms with Gasteiger partial charge in [-0.15, -0.1) is 0 Å². The van der Waals surface area contributed by atoms with Gasteiger partial charge < -0.3 is 9.88 Å². The van der Waals surface area contributed by atoms with Crippen molar-refractivity contribution in [1.29, 1.82) is 0 Å². The Morgan fingerprint density at radius 1 is 1.22 bits per heavy atom. The van der Waals surface area contributed by atoms with E-state index in [2.05, 4.69) is 53.5 Å². The standard InChI is InChI=1S/C20H24N2O/c1-3-4-8-19(22-11-6-5-7-12-22)16-9-10-18-17(14-16)13-15(2)20(23)21-18/h6-7,9-14,19H,3-5,8H2,1-2H3,(H,21,23). The molecule has 0 saturated heterocycles. The van der Waals surface area contributed by atoms with E-state index in [1.54, 1.807) is 0 Å². The van der Waals surface area contributed by atoms with Crippen molar-refractivity contribution in [2.24, 2.45) is 0 Å². The molecular formula is C20H24N2O. The summed E-state index contributed by atoms with van der Waals surface area (Å²) in [5, 5.41) is 1.10. The van der Waals surface area contributed by atoms with E-state index in [4.69, 9.17) is 0 Å². The van der Waals surface area contributed by atoms with E-state index >= 15 is 0 Å². The van der Waals surface area contributed by atoms with Crippen LogP contribution in [-0.4, -0.2) is 9.88 Å². The van der Waals surface area contributed by atoms with Crippen molar-refractivity contribution < 1.29 is 0 Å². The number of aromatic amines is 1. The number of aromatic nitrogens is 1. The molecule has 120 valence electrons. The van der Waals surface area contributed by atoms with E-state index in [0.717, 1.165) is 29.3 Å². The van der Waals surface area contributed by atoms with Crippen LogP contribution in [-0.2, 0) is 0 Å². The van der Waals surface area contributed by atoms with Gasteiger partial charge in [0.15, 0.2) is 0 Å². The first kappa shape index (κ1) is 15.6. The Morgan fingerprint density at radius 3 is 2.74 bits per heavy atom. The van der Waals surface area contributed by atoms with E-state index in [-0.39, 0.29) is 5.56 Å². The van der Waals surface area contributed by atoms with Gasteiger partial charge in [0.05, 0.1) is 6.04 Å². The van der Waals surface area contributed by atoms with Crippen LogP contribution in [0.1, 0.15) is 49.8 Å². The summed E-state index contributed by atoms with van der Waals surface area (Å²) in [5.41, 5.74) is 2.96. The Bertz CT molecular complexity index is 789. The fraction of sp³-hybridized carbons (Fsp3) is 0.350. The SMILES string of the molecule is CCCCC(c1ccc2[nH]c(=O)c(C)cc2c1)N1C=CCC=C1. The minimum absolute atomic E-state index is 0.00493. The van der Waals surface area contributed by atoms with E-state index in [1.165, 1.54) is 18.4 Å². The second-order valence-electron chi connectivity index (χ2n) is 6.24. The van der Waals surface area contributed by atoms with Gasteiger partial charge in [0, 0.05) is 23.5 Å². The van der Waals surface area contributed by atoms with E-state index in [1.807, 2.05) is 19.1 Å². The third-order valence-electron chi connectivity index (χ3n) is 4.46. The Morgan fingerprint density at radius 2 is 2.00 bits per heavy atom. The summed E-state index contributed by atoms with van der Waals surface area (Å²) < 4.78 is 0. The Hall–Kier alpha value is -2.29. The van der Waals surface area contributed by atoms with Gasteiger partial charge in [0.25, 0.3) is 5.56 Å². The summed E-state index contributed by atoms with van der Waals surface area (Å²) in [6.45, 7) is 4.09. The number of unbranched alkanes of at least 4 members (excludes halogenated alkanes) is 1. The molecule has 0 amide bonds. The number of allylic oxidation sites excluding steroid dienone is 2. The minimum Gasteiger partial charge on any atom is -0.348 e. The van der Waals surface area contributed by atoms with Gasteiger partial charge >= 0.3 is 0 Å². The number of fused-ring (bicyclic) bond motifs is 1. The summed E-state index contributed by atoms with van der Waals surface area (Å²) in [6, 6.07) is 8.72. The van der Waals surface area contributed by atoms with E-state index in [9.17, 15) is 4.79 Å². The van der Waals surface area contributed by atoms with Crippen molar-refractivity contribution in [3.8, 4) is 0 Å². The highest BCUT2D eigenvalue weighted by Gasteiger charge is 2.17. The molecule has 1 aromatic heterocycles. The second kappa shape index (κ2) is 6.86. The van der Waals surface area contributed by atoms with Crippen molar-refractivity contribution in [3.63, 3.8) is 0 Å². The van der Waals surface area contributed by atoms with Gasteiger partial charge in [-0.1, -0.05) is 38.0 Å². The molecule has 0 fully saturated rings. The zero-order valence-electron chi connectivity index (χ0n) is 13.9. The molecule has 1 atom stereocenters. The monoisotopic (exact) mass is 308 g/mol. The summed E-state index contributed by atoms with van der Waals surface area (Å²) in [7, 11) is 0. The molecule has 2 heterocycles. The smallest absolute Gasteiger partial charge is 0.251 e. The summed E-state index contributed by atoms with van der Waals surface area (Å²) in [4.78, 5) is 17.0. The van der Waals surface area contributed by atoms with Crippen LogP contribution >= 0.6 is 0 Å². The number of rotatable bonds is 5. The lowest BCUT2D eigenvalue weighted by atomic mass is 9.97. The highest BCUT2D eigenvalue weighted by molar-refractivity contribution is 5.79. The van der Waals surface area contributed by atoms with Gasteiger partial charge in [-0.2, -0.15) is 0 Å². The van der Waals surface area contributed by atoms with Crippen LogP contribution in [0.25, 0.3) is 10.9 Å². The lowest BCUT2D eigenvalue weighted by Gasteiger charge is -2.30. The molecule has 3 nitrogen and oxygen atoms in total. The van der Waals surface area contributed by atoms with Crippen LogP contribution in [0.4, 0.5) is 0 Å². The molecule has 1 aliphatic heterocycles. The highest BCUT2D eigenvalue weighted by atomic mass is 16.1. The van der Waals surface area contributed by atoms with Crippen LogP contribution in [0.15, 0.2) is 53.6 Å². The molecule has 0 spiro atoms. The van der Waals surface area contributed by atoms with Crippen LogP contribution in [0.2, 0.25) is 0 Å². The lowest BCUT2D eigenvalue weighted by Crippen LogP contribution is -2.19. The molecule has 0 saturated carbocycles. The Labute approximate surface area is 137 Å². The van der Waals surface area contributed by atoms with E-state index < -0.39 is 0 Å². The van der Waals surface area contributed by atoms with Crippen LogP contribution in [0, 0.1) is 6.92 Å². The van der Waals surface area contributed by atoms with Gasteiger partial charge in [-0.25, -0.2) is 0 Å². The third-order valence-corrected chi connectivity index (χ3v) is 4.46. The second-order valence-corrected chi connectivity index (χ2v) is 6.24. The maximum Gasteiger partial charge on any atom is 0.251 e. The van der Waals surface area contributed by atoms with Gasteiger partial charge in [-0.3, -0.25) is 4.79 Å². The number of benzene rings is 1. The molecule has 0 aliphatic carbocycles. The Kier molecular flexibility index (Phi) is 4.65. The number of hydrogen-bond donors (Lipinski definition) is 1. The molecular weight excluding hydrogens is 284 g/mol. The predicted molar refractivity (Wildman–Crippen MR) is 96.3 cm³/mol. The molecule has 3 heteroatoms. The molecule has 1 unspecified atom stereocenters. The molecule has 0 bridgehead atoms. The number of aryl methyl sites for hydroxylation is 1. The summed E-state index contributed by atoms with van der Waals surface area (Å²) in [5.74, 6) is 0. The molecule has 1 aromatic carbocycles. The third kappa shape index (κ3) is 3.39. The fourth-order valence-electron chi connectivity index (χ4n) is 3.13. The van der Waals surface area contributed by atoms with Gasteiger partial charge in [0.2, 0.25) is 0 Å².